The zero-order valence-electron chi connectivity index (χ0n) is 11.4. The van der Waals surface area contributed by atoms with E-state index in [9.17, 15) is 4.79 Å². The molecule has 0 unspecified atom stereocenters. The quantitative estimate of drug-likeness (QED) is 0.783. The molecule has 18 heavy (non-hydrogen) atoms. The van der Waals surface area contributed by atoms with Gasteiger partial charge in [0, 0.05) is 5.02 Å². The number of halogens is 1. The first-order valence-corrected chi connectivity index (χ1v) is 6.29. The minimum atomic E-state index is -0.630. The van der Waals surface area contributed by atoms with E-state index in [1.165, 1.54) is 7.11 Å². The van der Waals surface area contributed by atoms with Crippen LogP contribution in [0.25, 0.3) is 0 Å². The molecule has 4 heteroatoms. The molecule has 0 bridgehead atoms. The van der Waals surface area contributed by atoms with Crippen molar-refractivity contribution in [3.8, 4) is 5.75 Å². The number of hydrogen-bond donors (Lipinski definition) is 0. The van der Waals surface area contributed by atoms with Crippen LogP contribution >= 0.6 is 11.6 Å². The SMILES string of the molecule is COC(=O)[C@H](C)Oc1cc(C(C)C)c(Cl)cc1C. The van der Waals surface area contributed by atoms with E-state index in [-0.39, 0.29) is 0 Å². The van der Waals surface area contributed by atoms with Gasteiger partial charge in [0.25, 0.3) is 0 Å². The van der Waals surface area contributed by atoms with Gasteiger partial charge in [-0.3, -0.25) is 0 Å². The van der Waals surface area contributed by atoms with Crippen LogP contribution in [-0.2, 0) is 9.53 Å². The lowest BCUT2D eigenvalue weighted by molar-refractivity contribution is -0.147. The summed E-state index contributed by atoms with van der Waals surface area (Å²) in [6, 6.07) is 3.75. The summed E-state index contributed by atoms with van der Waals surface area (Å²) in [7, 11) is 1.34. The lowest BCUT2D eigenvalue weighted by atomic mass is 10.0. The molecule has 0 fully saturated rings. The maximum Gasteiger partial charge on any atom is 0.346 e. The highest BCUT2D eigenvalue weighted by Crippen LogP contribution is 2.31. The molecule has 1 aromatic rings. The van der Waals surface area contributed by atoms with Gasteiger partial charge in [-0.25, -0.2) is 4.79 Å². The molecule has 1 atom stereocenters. The fraction of sp³-hybridized carbons (Fsp3) is 0.500. The van der Waals surface area contributed by atoms with E-state index in [1.54, 1.807) is 6.92 Å². The van der Waals surface area contributed by atoms with Crippen molar-refractivity contribution in [3.63, 3.8) is 0 Å². The van der Waals surface area contributed by atoms with E-state index in [2.05, 4.69) is 18.6 Å². The standard InChI is InChI=1S/C14H19ClO3/c1-8(2)11-7-13(9(3)6-12(11)15)18-10(4)14(16)17-5/h6-8,10H,1-5H3/t10-/m0/s1. The molecule has 0 saturated heterocycles. The first-order chi connectivity index (χ1) is 8.36. The average Bonchev–Trinajstić information content (AvgIpc) is 2.30. The first-order valence-electron chi connectivity index (χ1n) is 5.91. The number of methoxy groups -OCH3 is 1. The Balaban J connectivity index is 3.02. The van der Waals surface area contributed by atoms with Gasteiger partial charge in [-0.1, -0.05) is 25.4 Å². The molecule has 0 radical (unpaired) electrons. The minimum Gasteiger partial charge on any atom is -0.479 e. The fourth-order valence-electron chi connectivity index (χ4n) is 1.64. The smallest absolute Gasteiger partial charge is 0.346 e. The molecule has 1 rings (SSSR count). The van der Waals surface area contributed by atoms with E-state index in [0.717, 1.165) is 16.1 Å². The van der Waals surface area contributed by atoms with Crippen molar-refractivity contribution >= 4 is 17.6 Å². The highest BCUT2D eigenvalue weighted by molar-refractivity contribution is 6.31. The Morgan fingerprint density at radius 1 is 1.28 bits per heavy atom. The molecule has 0 N–H and O–H groups in total. The highest BCUT2D eigenvalue weighted by Gasteiger charge is 2.17. The van der Waals surface area contributed by atoms with Gasteiger partial charge in [0.1, 0.15) is 5.75 Å². The van der Waals surface area contributed by atoms with E-state index < -0.39 is 12.1 Å². The normalized spacial score (nSPS) is 12.4. The Morgan fingerprint density at radius 2 is 1.89 bits per heavy atom. The van der Waals surface area contributed by atoms with Gasteiger partial charge >= 0.3 is 5.97 Å². The molecular weight excluding hydrogens is 252 g/mol. The Morgan fingerprint density at radius 3 is 2.39 bits per heavy atom. The Hall–Kier alpha value is -1.22. The van der Waals surface area contributed by atoms with Crippen LogP contribution in [0.3, 0.4) is 0 Å². The molecule has 3 nitrogen and oxygen atoms in total. The van der Waals surface area contributed by atoms with E-state index in [1.807, 2.05) is 19.1 Å². The summed E-state index contributed by atoms with van der Waals surface area (Å²) in [5.41, 5.74) is 1.91. The zero-order chi connectivity index (χ0) is 13.9. The average molecular weight is 271 g/mol. The van der Waals surface area contributed by atoms with Gasteiger partial charge in [0.05, 0.1) is 7.11 Å². The maximum absolute atomic E-state index is 11.3. The van der Waals surface area contributed by atoms with Crippen LogP contribution in [0.15, 0.2) is 12.1 Å². The zero-order valence-corrected chi connectivity index (χ0v) is 12.2. The summed E-state index contributed by atoms with van der Waals surface area (Å²) in [4.78, 5) is 11.3. The second-order valence-electron chi connectivity index (χ2n) is 4.58. The second-order valence-corrected chi connectivity index (χ2v) is 4.98. The van der Waals surface area contributed by atoms with E-state index in [4.69, 9.17) is 16.3 Å². The third kappa shape index (κ3) is 3.39. The molecule has 0 spiro atoms. The molecular formula is C14H19ClO3. The van der Waals surface area contributed by atoms with Gasteiger partial charge in [-0.2, -0.15) is 0 Å². The number of carbonyl (C=O) groups is 1. The first kappa shape index (κ1) is 14.8. The summed E-state index contributed by atoms with van der Waals surface area (Å²) in [5, 5.41) is 0.723. The van der Waals surface area contributed by atoms with Gasteiger partial charge in [-0.05, 0) is 43.0 Å². The Labute approximate surface area is 113 Å². The third-order valence-electron chi connectivity index (χ3n) is 2.75. The van der Waals surface area contributed by atoms with Crippen LogP contribution in [0, 0.1) is 6.92 Å². The van der Waals surface area contributed by atoms with E-state index in [0.29, 0.717) is 11.7 Å². The monoisotopic (exact) mass is 270 g/mol. The van der Waals surface area contributed by atoms with Crippen molar-refractivity contribution in [2.24, 2.45) is 0 Å². The summed E-state index contributed by atoms with van der Waals surface area (Å²) in [6.07, 6.45) is -0.630. The summed E-state index contributed by atoms with van der Waals surface area (Å²) < 4.78 is 10.2. The number of benzene rings is 1. The van der Waals surface area contributed by atoms with Crippen LogP contribution in [0.4, 0.5) is 0 Å². The van der Waals surface area contributed by atoms with Crippen LogP contribution in [0.5, 0.6) is 5.75 Å². The summed E-state index contributed by atoms with van der Waals surface area (Å²) >= 11 is 6.18. The van der Waals surface area contributed by atoms with Crippen molar-refractivity contribution in [1.29, 1.82) is 0 Å². The van der Waals surface area contributed by atoms with Gasteiger partial charge in [-0.15, -0.1) is 0 Å². The van der Waals surface area contributed by atoms with Gasteiger partial charge in [0.2, 0.25) is 0 Å². The van der Waals surface area contributed by atoms with Crippen molar-refractivity contribution in [2.45, 2.75) is 39.7 Å². The fourth-order valence-corrected chi connectivity index (χ4v) is 2.08. The molecule has 0 aliphatic rings. The van der Waals surface area contributed by atoms with Gasteiger partial charge in [0.15, 0.2) is 6.10 Å². The molecule has 0 aliphatic carbocycles. The molecule has 0 saturated carbocycles. The number of rotatable bonds is 4. The van der Waals surface area contributed by atoms with Gasteiger partial charge < -0.3 is 9.47 Å². The second kappa shape index (κ2) is 6.10. The molecule has 0 aliphatic heterocycles. The lowest BCUT2D eigenvalue weighted by Gasteiger charge is -2.17. The summed E-state index contributed by atoms with van der Waals surface area (Å²) in [5.74, 6) is 0.574. The lowest BCUT2D eigenvalue weighted by Crippen LogP contribution is -2.25. The number of ether oxygens (including phenoxy) is 2. The van der Waals surface area contributed by atoms with Crippen molar-refractivity contribution in [1.82, 2.24) is 0 Å². The number of hydrogen-bond acceptors (Lipinski definition) is 3. The highest BCUT2D eigenvalue weighted by atomic mass is 35.5. The summed E-state index contributed by atoms with van der Waals surface area (Å²) in [6.45, 7) is 7.68. The molecule has 1 aromatic carbocycles. The predicted octanol–water partition coefficient (Wildman–Crippen LogP) is 3.71. The predicted molar refractivity (Wildman–Crippen MR) is 72.4 cm³/mol. The maximum atomic E-state index is 11.3. The van der Waals surface area contributed by atoms with E-state index >= 15 is 0 Å². The minimum absolute atomic E-state index is 0.300. The molecule has 0 aromatic heterocycles. The van der Waals surface area contributed by atoms with Crippen LogP contribution in [0.1, 0.15) is 37.8 Å². The van der Waals surface area contributed by atoms with Crippen LogP contribution in [-0.4, -0.2) is 19.2 Å². The number of esters is 1. The van der Waals surface area contributed by atoms with Crippen molar-refractivity contribution in [2.75, 3.05) is 7.11 Å². The Kier molecular flexibility index (Phi) is 5.03. The molecule has 0 heterocycles. The van der Waals surface area contributed by atoms with Crippen LogP contribution < -0.4 is 4.74 Å². The van der Waals surface area contributed by atoms with Crippen LogP contribution in [0.2, 0.25) is 5.02 Å². The molecule has 0 amide bonds. The van der Waals surface area contributed by atoms with Crippen molar-refractivity contribution < 1.29 is 14.3 Å². The largest absolute Gasteiger partial charge is 0.479 e. The Bertz CT molecular complexity index is 441. The third-order valence-corrected chi connectivity index (χ3v) is 3.08. The topological polar surface area (TPSA) is 35.5 Å². The van der Waals surface area contributed by atoms with Crippen molar-refractivity contribution in [3.05, 3.63) is 28.3 Å². The number of carbonyl (C=O) groups excluding carboxylic acids is 1. The molecule has 100 valence electrons. The number of aryl methyl sites for hydroxylation is 1.